The molecule has 0 aliphatic carbocycles. The summed E-state index contributed by atoms with van der Waals surface area (Å²) >= 11 is 5.83. The summed E-state index contributed by atoms with van der Waals surface area (Å²) < 4.78 is 12.7. The first-order chi connectivity index (χ1) is 9.56. The van der Waals surface area contributed by atoms with Crippen LogP contribution < -0.4 is 11.1 Å². The number of halogens is 2. The summed E-state index contributed by atoms with van der Waals surface area (Å²) in [6, 6.07) is 10.9. The number of nitrogens with two attached hydrogens (primary N) is 1. The van der Waals surface area contributed by atoms with Gasteiger partial charge in [0, 0.05) is 17.3 Å². The Balaban J connectivity index is 1.92. The summed E-state index contributed by atoms with van der Waals surface area (Å²) in [6.45, 7) is 0.441. The predicted molar refractivity (Wildman–Crippen MR) is 78.3 cm³/mol. The highest BCUT2D eigenvalue weighted by atomic mass is 35.5. The van der Waals surface area contributed by atoms with Crippen molar-refractivity contribution >= 4 is 23.2 Å². The second-order valence-electron chi connectivity index (χ2n) is 4.36. The largest absolute Gasteiger partial charge is 0.398 e. The highest BCUT2D eigenvalue weighted by Crippen LogP contribution is 2.17. The fourth-order valence-electron chi connectivity index (χ4n) is 1.79. The molecule has 1 amide bonds. The molecule has 0 bridgehead atoms. The molecule has 2 aromatic carbocycles. The van der Waals surface area contributed by atoms with Crippen molar-refractivity contribution in [2.45, 2.75) is 6.42 Å². The lowest BCUT2D eigenvalue weighted by atomic mass is 10.1. The lowest BCUT2D eigenvalue weighted by molar-refractivity contribution is 0.0955. The van der Waals surface area contributed by atoms with Gasteiger partial charge in [0.2, 0.25) is 0 Å². The van der Waals surface area contributed by atoms with Crippen LogP contribution in [0.25, 0.3) is 0 Å². The van der Waals surface area contributed by atoms with Crippen LogP contribution in [0.2, 0.25) is 5.02 Å². The van der Waals surface area contributed by atoms with Crippen LogP contribution in [0, 0.1) is 5.82 Å². The van der Waals surface area contributed by atoms with Gasteiger partial charge < -0.3 is 11.1 Å². The van der Waals surface area contributed by atoms with E-state index in [1.54, 1.807) is 24.3 Å². The van der Waals surface area contributed by atoms with E-state index in [9.17, 15) is 9.18 Å². The van der Waals surface area contributed by atoms with Gasteiger partial charge in [0.1, 0.15) is 5.82 Å². The minimum atomic E-state index is -0.274. The standard InChI is InChI=1S/C15H14ClFN2O/c16-11-3-6-14(18)13(9-11)15(20)19-8-7-10-1-4-12(17)5-2-10/h1-6,9H,7-8,18H2,(H,19,20). The van der Waals surface area contributed by atoms with Crippen molar-refractivity contribution in [3.63, 3.8) is 0 Å². The number of benzene rings is 2. The zero-order valence-electron chi connectivity index (χ0n) is 10.7. The van der Waals surface area contributed by atoms with Gasteiger partial charge in [-0.05, 0) is 42.3 Å². The SMILES string of the molecule is Nc1ccc(Cl)cc1C(=O)NCCc1ccc(F)cc1. The Bertz CT molecular complexity index is 614. The molecule has 0 heterocycles. The molecular formula is C15H14ClFN2O. The number of carbonyl (C=O) groups excluding carboxylic acids is 1. The fourth-order valence-corrected chi connectivity index (χ4v) is 1.96. The van der Waals surface area contributed by atoms with E-state index < -0.39 is 0 Å². The number of anilines is 1. The number of hydrogen-bond acceptors (Lipinski definition) is 2. The van der Waals surface area contributed by atoms with Crippen molar-refractivity contribution in [2.75, 3.05) is 12.3 Å². The minimum absolute atomic E-state index is 0.271. The summed E-state index contributed by atoms with van der Waals surface area (Å²) in [5.41, 5.74) is 7.42. The number of carbonyl (C=O) groups is 1. The third-order valence-corrected chi connectivity index (χ3v) is 3.11. The maximum Gasteiger partial charge on any atom is 0.253 e. The zero-order chi connectivity index (χ0) is 14.5. The molecule has 3 N–H and O–H groups in total. The third-order valence-electron chi connectivity index (χ3n) is 2.87. The smallest absolute Gasteiger partial charge is 0.253 e. The van der Waals surface area contributed by atoms with Gasteiger partial charge >= 0.3 is 0 Å². The molecular weight excluding hydrogens is 279 g/mol. The molecule has 0 unspecified atom stereocenters. The molecule has 0 aliphatic rings. The molecule has 0 atom stereocenters. The molecule has 0 saturated heterocycles. The third kappa shape index (κ3) is 3.71. The van der Waals surface area contributed by atoms with Crippen molar-refractivity contribution < 1.29 is 9.18 Å². The lowest BCUT2D eigenvalue weighted by Crippen LogP contribution is -2.26. The molecule has 2 rings (SSSR count). The molecule has 0 aromatic heterocycles. The first kappa shape index (κ1) is 14.3. The lowest BCUT2D eigenvalue weighted by Gasteiger charge is -2.08. The predicted octanol–water partition coefficient (Wildman–Crippen LogP) is 3.03. The van der Waals surface area contributed by atoms with Crippen molar-refractivity contribution in [1.29, 1.82) is 0 Å². The van der Waals surface area contributed by atoms with Gasteiger partial charge in [-0.15, -0.1) is 0 Å². The first-order valence-electron chi connectivity index (χ1n) is 6.14. The van der Waals surface area contributed by atoms with Crippen LogP contribution in [0.1, 0.15) is 15.9 Å². The Morgan fingerprint density at radius 1 is 1.20 bits per heavy atom. The Morgan fingerprint density at radius 3 is 2.60 bits per heavy atom. The summed E-state index contributed by atoms with van der Waals surface area (Å²) in [4.78, 5) is 12.0. The maximum absolute atomic E-state index is 12.7. The van der Waals surface area contributed by atoms with Crippen LogP contribution in [-0.4, -0.2) is 12.5 Å². The van der Waals surface area contributed by atoms with Crippen molar-refractivity contribution in [3.05, 3.63) is 64.4 Å². The number of hydrogen-bond donors (Lipinski definition) is 2. The molecule has 0 radical (unpaired) electrons. The van der Waals surface area contributed by atoms with Gasteiger partial charge in [-0.2, -0.15) is 0 Å². The van der Waals surface area contributed by atoms with Crippen LogP contribution in [0.5, 0.6) is 0 Å². The first-order valence-corrected chi connectivity index (χ1v) is 6.52. The molecule has 5 heteroatoms. The van der Waals surface area contributed by atoms with Crippen molar-refractivity contribution in [3.8, 4) is 0 Å². The van der Waals surface area contributed by atoms with E-state index >= 15 is 0 Å². The topological polar surface area (TPSA) is 55.1 Å². The molecule has 0 aliphatic heterocycles. The van der Waals surface area contributed by atoms with E-state index in [0.29, 0.717) is 29.2 Å². The highest BCUT2D eigenvalue weighted by molar-refractivity contribution is 6.31. The zero-order valence-corrected chi connectivity index (χ0v) is 11.5. The second-order valence-corrected chi connectivity index (χ2v) is 4.80. The van der Waals surface area contributed by atoms with Crippen LogP contribution in [0.15, 0.2) is 42.5 Å². The van der Waals surface area contributed by atoms with Crippen LogP contribution in [-0.2, 0) is 6.42 Å². The van der Waals surface area contributed by atoms with Crippen molar-refractivity contribution in [1.82, 2.24) is 5.32 Å². The quantitative estimate of drug-likeness (QED) is 0.851. The van der Waals surface area contributed by atoms with Crippen LogP contribution in [0.4, 0.5) is 10.1 Å². The average Bonchev–Trinajstić information content (AvgIpc) is 2.43. The van der Waals surface area contributed by atoms with Gasteiger partial charge in [-0.3, -0.25) is 4.79 Å². The molecule has 3 nitrogen and oxygen atoms in total. The fraction of sp³-hybridized carbons (Fsp3) is 0.133. The number of nitrogen functional groups attached to an aromatic ring is 1. The van der Waals surface area contributed by atoms with Gasteiger partial charge in [-0.1, -0.05) is 23.7 Å². The summed E-state index contributed by atoms with van der Waals surface area (Å²) in [5, 5.41) is 3.22. The van der Waals surface area contributed by atoms with Gasteiger partial charge in [0.25, 0.3) is 5.91 Å². The van der Waals surface area contributed by atoms with E-state index in [-0.39, 0.29) is 11.7 Å². The Labute approximate surface area is 121 Å². The summed E-state index contributed by atoms with van der Waals surface area (Å²) in [6.07, 6.45) is 0.618. The monoisotopic (exact) mass is 292 g/mol. The van der Waals surface area contributed by atoms with E-state index in [0.717, 1.165) is 5.56 Å². The van der Waals surface area contributed by atoms with Gasteiger partial charge in [0.05, 0.1) is 5.56 Å². The molecule has 0 saturated carbocycles. The van der Waals surface area contributed by atoms with Crippen molar-refractivity contribution in [2.24, 2.45) is 0 Å². The number of nitrogens with one attached hydrogen (secondary N) is 1. The second kappa shape index (κ2) is 6.39. The van der Waals surface area contributed by atoms with Crippen LogP contribution >= 0.6 is 11.6 Å². The highest BCUT2D eigenvalue weighted by Gasteiger charge is 2.09. The summed E-state index contributed by atoms with van der Waals surface area (Å²) in [7, 11) is 0. The van der Waals surface area contributed by atoms with E-state index in [1.165, 1.54) is 18.2 Å². The summed E-state index contributed by atoms with van der Waals surface area (Å²) in [5.74, 6) is -0.545. The van der Waals surface area contributed by atoms with Crippen LogP contribution in [0.3, 0.4) is 0 Å². The molecule has 20 heavy (non-hydrogen) atoms. The van der Waals surface area contributed by atoms with E-state index in [4.69, 9.17) is 17.3 Å². The Kier molecular flexibility index (Phi) is 4.58. The Hall–Kier alpha value is -2.07. The maximum atomic E-state index is 12.7. The van der Waals surface area contributed by atoms with E-state index in [1.807, 2.05) is 0 Å². The normalized spacial score (nSPS) is 10.3. The minimum Gasteiger partial charge on any atom is -0.398 e. The Morgan fingerprint density at radius 2 is 1.90 bits per heavy atom. The molecule has 2 aromatic rings. The van der Waals surface area contributed by atoms with Gasteiger partial charge in [0.15, 0.2) is 0 Å². The van der Waals surface area contributed by atoms with Gasteiger partial charge in [-0.25, -0.2) is 4.39 Å². The molecule has 104 valence electrons. The van der Waals surface area contributed by atoms with E-state index in [2.05, 4.69) is 5.32 Å². The average molecular weight is 293 g/mol. The molecule has 0 spiro atoms. The number of rotatable bonds is 4. The number of amides is 1. The molecule has 0 fully saturated rings.